The summed E-state index contributed by atoms with van der Waals surface area (Å²) in [6.07, 6.45) is 5.87. The van der Waals surface area contributed by atoms with Gasteiger partial charge in [-0.25, -0.2) is 9.18 Å². The van der Waals surface area contributed by atoms with Crippen LogP contribution in [0.25, 0.3) is 5.57 Å². The number of allylic oxidation sites excluding steroid dienone is 4. The number of halogens is 1. The van der Waals surface area contributed by atoms with Crippen molar-refractivity contribution in [1.29, 1.82) is 0 Å². The van der Waals surface area contributed by atoms with E-state index in [1.807, 2.05) is 0 Å². The first kappa shape index (κ1) is 19.0. The molecule has 1 fully saturated rings. The van der Waals surface area contributed by atoms with E-state index >= 15 is 0 Å². The Morgan fingerprint density at radius 1 is 1.26 bits per heavy atom. The standard InChI is InChI=1S/C19H24FN5O2/c1-13(26)25-10-8-16(9-11-25)24(2)19(27)21-18-7-6-17(22-23-18)14-4-3-5-15(20)12-14/h5-7,12,16H,3-4,8-11H2,1-2H3,(H,21,23,27). The number of piperidine rings is 1. The number of nitrogens with zero attached hydrogens (tertiary/aromatic N) is 4. The quantitative estimate of drug-likeness (QED) is 0.883. The molecule has 7 nitrogen and oxygen atoms in total. The first-order chi connectivity index (χ1) is 12.9. The van der Waals surface area contributed by atoms with Gasteiger partial charge in [-0.15, -0.1) is 10.2 Å². The number of urea groups is 1. The van der Waals surface area contributed by atoms with Crippen molar-refractivity contribution in [3.63, 3.8) is 0 Å². The predicted octanol–water partition coefficient (Wildman–Crippen LogP) is 2.98. The Morgan fingerprint density at radius 3 is 2.59 bits per heavy atom. The third-order valence-electron chi connectivity index (χ3n) is 5.07. The van der Waals surface area contributed by atoms with Crippen molar-refractivity contribution in [2.75, 3.05) is 25.5 Å². The van der Waals surface area contributed by atoms with Crippen LogP contribution < -0.4 is 5.32 Å². The van der Waals surface area contributed by atoms with Gasteiger partial charge in [-0.05, 0) is 55.5 Å². The minimum atomic E-state index is -0.260. The molecule has 1 aromatic rings. The summed E-state index contributed by atoms with van der Waals surface area (Å²) in [6, 6.07) is 3.22. The van der Waals surface area contributed by atoms with E-state index in [-0.39, 0.29) is 23.8 Å². The van der Waals surface area contributed by atoms with E-state index in [2.05, 4.69) is 15.5 Å². The molecular weight excluding hydrogens is 349 g/mol. The highest BCUT2D eigenvalue weighted by atomic mass is 19.1. The molecule has 0 unspecified atom stereocenters. The number of likely N-dealkylation sites (tertiary alicyclic amines) is 1. The molecular formula is C19H24FN5O2. The molecule has 1 aliphatic carbocycles. The Morgan fingerprint density at radius 2 is 2.00 bits per heavy atom. The molecule has 0 atom stereocenters. The Hall–Kier alpha value is -2.77. The molecule has 2 heterocycles. The molecule has 0 spiro atoms. The molecule has 3 rings (SSSR count). The van der Waals surface area contributed by atoms with Crippen LogP contribution in [0.3, 0.4) is 0 Å². The van der Waals surface area contributed by atoms with Crippen molar-refractivity contribution in [2.45, 2.75) is 38.6 Å². The molecule has 1 N–H and O–H groups in total. The van der Waals surface area contributed by atoms with E-state index in [1.54, 1.807) is 42.0 Å². The van der Waals surface area contributed by atoms with Gasteiger partial charge < -0.3 is 9.80 Å². The number of hydrogen-bond acceptors (Lipinski definition) is 4. The number of anilines is 1. The number of carbonyl (C=O) groups is 2. The van der Waals surface area contributed by atoms with E-state index in [4.69, 9.17) is 0 Å². The average molecular weight is 373 g/mol. The number of hydrogen-bond donors (Lipinski definition) is 1. The zero-order valence-corrected chi connectivity index (χ0v) is 15.6. The minimum Gasteiger partial charge on any atom is -0.343 e. The van der Waals surface area contributed by atoms with Crippen molar-refractivity contribution in [3.8, 4) is 0 Å². The highest BCUT2D eigenvalue weighted by Crippen LogP contribution is 2.25. The maximum absolute atomic E-state index is 13.4. The molecule has 2 aliphatic rings. The second kappa shape index (κ2) is 8.28. The topological polar surface area (TPSA) is 78.4 Å². The van der Waals surface area contributed by atoms with Crippen LogP contribution in [-0.4, -0.2) is 58.1 Å². The summed E-state index contributed by atoms with van der Waals surface area (Å²) >= 11 is 0. The van der Waals surface area contributed by atoms with E-state index in [9.17, 15) is 14.0 Å². The number of nitrogens with one attached hydrogen (secondary N) is 1. The third kappa shape index (κ3) is 4.69. The highest BCUT2D eigenvalue weighted by Gasteiger charge is 2.26. The maximum atomic E-state index is 13.4. The zero-order valence-electron chi connectivity index (χ0n) is 15.6. The summed E-state index contributed by atoms with van der Waals surface area (Å²) in [4.78, 5) is 27.3. The Balaban J connectivity index is 1.56. The van der Waals surface area contributed by atoms with Gasteiger partial charge in [-0.1, -0.05) is 0 Å². The Bertz CT molecular complexity index is 767. The summed E-state index contributed by atoms with van der Waals surface area (Å²) in [7, 11) is 1.74. The summed E-state index contributed by atoms with van der Waals surface area (Å²) in [5.41, 5.74) is 1.41. The molecule has 0 bridgehead atoms. The van der Waals surface area contributed by atoms with Crippen molar-refractivity contribution >= 4 is 23.3 Å². The summed E-state index contributed by atoms with van der Waals surface area (Å²) in [6.45, 7) is 2.88. The predicted molar refractivity (Wildman–Crippen MR) is 100 cm³/mol. The van der Waals surface area contributed by atoms with Crippen LogP contribution in [-0.2, 0) is 4.79 Å². The molecule has 0 aromatic carbocycles. The lowest BCUT2D eigenvalue weighted by molar-refractivity contribution is -0.130. The molecule has 1 saturated heterocycles. The van der Waals surface area contributed by atoms with Crippen LogP contribution in [0.5, 0.6) is 0 Å². The van der Waals surface area contributed by atoms with Gasteiger partial charge in [0.05, 0.1) is 5.69 Å². The largest absolute Gasteiger partial charge is 0.343 e. The average Bonchev–Trinajstić information content (AvgIpc) is 2.68. The second-order valence-electron chi connectivity index (χ2n) is 6.88. The van der Waals surface area contributed by atoms with Crippen LogP contribution in [0.1, 0.15) is 38.3 Å². The number of carbonyl (C=O) groups excluding carboxylic acids is 2. The van der Waals surface area contributed by atoms with Crippen LogP contribution in [0.15, 0.2) is 30.1 Å². The Kier molecular flexibility index (Phi) is 5.83. The van der Waals surface area contributed by atoms with Gasteiger partial charge in [0.1, 0.15) is 5.83 Å². The van der Waals surface area contributed by atoms with Gasteiger partial charge in [-0.2, -0.15) is 0 Å². The van der Waals surface area contributed by atoms with Crippen molar-refractivity contribution < 1.29 is 14.0 Å². The fourth-order valence-corrected chi connectivity index (χ4v) is 3.37. The fourth-order valence-electron chi connectivity index (χ4n) is 3.37. The van der Waals surface area contributed by atoms with Crippen molar-refractivity contribution in [1.82, 2.24) is 20.0 Å². The zero-order chi connectivity index (χ0) is 19.4. The smallest absolute Gasteiger partial charge is 0.323 e. The van der Waals surface area contributed by atoms with Gasteiger partial charge in [0.2, 0.25) is 5.91 Å². The van der Waals surface area contributed by atoms with Crippen molar-refractivity contribution in [2.24, 2.45) is 0 Å². The van der Waals surface area contributed by atoms with Crippen LogP contribution in [0, 0.1) is 0 Å². The molecule has 27 heavy (non-hydrogen) atoms. The van der Waals surface area contributed by atoms with E-state index in [0.29, 0.717) is 31.0 Å². The van der Waals surface area contributed by atoms with Gasteiger partial charge in [0.25, 0.3) is 0 Å². The van der Waals surface area contributed by atoms with Crippen molar-refractivity contribution in [3.05, 3.63) is 35.8 Å². The minimum absolute atomic E-state index is 0.0689. The Labute approximate surface area is 157 Å². The molecule has 0 radical (unpaired) electrons. The van der Waals surface area contributed by atoms with Gasteiger partial charge >= 0.3 is 6.03 Å². The molecule has 8 heteroatoms. The first-order valence-corrected chi connectivity index (χ1v) is 9.13. The highest BCUT2D eigenvalue weighted by molar-refractivity contribution is 5.88. The van der Waals surface area contributed by atoms with Gasteiger partial charge in [-0.3, -0.25) is 10.1 Å². The van der Waals surface area contributed by atoms with E-state index in [0.717, 1.165) is 24.8 Å². The fraction of sp³-hybridized carbons (Fsp3) is 0.474. The van der Waals surface area contributed by atoms with Gasteiger partial charge in [0.15, 0.2) is 5.82 Å². The van der Waals surface area contributed by atoms with E-state index in [1.165, 1.54) is 6.08 Å². The van der Waals surface area contributed by atoms with Crippen LogP contribution in [0.2, 0.25) is 0 Å². The lowest BCUT2D eigenvalue weighted by Crippen LogP contribution is -2.48. The number of rotatable bonds is 3. The van der Waals surface area contributed by atoms with Crippen LogP contribution in [0.4, 0.5) is 15.0 Å². The normalized spacial score (nSPS) is 17.8. The van der Waals surface area contributed by atoms with E-state index < -0.39 is 0 Å². The summed E-state index contributed by atoms with van der Waals surface area (Å²) in [5, 5.41) is 10.9. The number of amides is 3. The first-order valence-electron chi connectivity index (χ1n) is 9.13. The van der Waals surface area contributed by atoms with Crippen LogP contribution >= 0.6 is 0 Å². The molecule has 1 aliphatic heterocycles. The number of aromatic nitrogens is 2. The molecule has 144 valence electrons. The maximum Gasteiger partial charge on any atom is 0.323 e. The summed E-state index contributed by atoms with van der Waals surface area (Å²) in [5.74, 6) is 0.163. The molecule has 0 saturated carbocycles. The molecule has 1 aromatic heterocycles. The molecule has 3 amide bonds. The monoisotopic (exact) mass is 373 g/mol. The second-order valence-corrected chi connectivity index (χ2v) is 6.88. The lowest BCUT2D eigenvalue weighted by atomic mass is 10.0. The third-order valence-corrected chi connectivity index (χ3v) is 5.07. The summed E-state index contributed by atoms with van der Waals surface area (Å²) < 4.78 is 13.4. The lowest BCUT2D eigenvalue weighted by Gasteiger charge is -2.36. The SMILES string of the molecule is CC(=O)N1CCC(N(C)C(=O)Nc2ccc(C3=CC(F)=CCC3)nn2)CC1. The van der Waals surface area contributed by atoms with Gasteiger partial charge in [0, 0.05) is 33.1 Å².